The number of methoxy groups -OCH3 is 1. The van der Waals surface area contributed by atoms with Crippen molar-refractivity contribution in [3.8, 4) is 0 Å². The summed E-state index contributed by atoms with van der Waals surface area (Å²) in [6, 6.07) is 6.26. The second-order valence-electron chi connectivity index (χ2n) is 9.36. The van der Waals surface area contributed by atoms with Crippen molar-refractivity contribution >= 4 is 19.2 Å². The predicted molar refractivity (Wildman–Crippen MR) is 106 cm³/mol. The van der Waals surface area contributed by atoms with Crippen LogP contribution in [0.4, 0.5) is 5.69 Å². The molecule has 1 heterocycles. The van der Waals surface area contributed by atoms with Gasteiger partial charge in [0.15, 0.2) is 0 Å². The number of fused-ring (bicyclic) bond motifs is 5. The quantitative estimate of drug-likeness (QED) is 0.552. The van der Waals surface area contributed by atoms with Crippen LogP contribution in [0.5, 0.6) is 0 Å². The van der Waals surface area contributed by atoms with Crippen LogP contribution in [0.2, 0.25) is 0 Å². The fourth-order valence-corrected chi connectivity index (χ4v) is 8.59. The average molecular weight is 391 g/mol. The van der Waals surface area contributed by atoms with E-state index in [1.807, 2.05) is 18.5 Å². The van der Waals surface area contributed by atoms with Gasteiger partial charge < -0.3 is 9.26 Å². The Balaban J connectivity index is 1.86. The molecule has 0 spiro atoms. The fraction of sp³-hybridized carbons (Fsp3) is 0.667. The number of nitrogens with zero attached hydrogens (tertiary/aromatic N) is 1. The number of esters is 1. The van der Waals surface area contributed by atoms with E-state index in [0.717, 1.165) is 29.7 Å². The lowest BCUT2D eigenvalue weighted by Crippen LogP contribution is -2.42. The van der Waals surface area contributed by atoms with Crippen LogP contribution in [-0.2, 0) is 18.6 Å². The number of aryl methyl sites for hydroxylation is 2. The first-order valence-electron chi connectivity index (χ1n) is 9.76. The summed E-state index contributed by atoms with van der Waals surface area (Å²) in [6.07, 6.45) is 1.85. The van der Waals surface area contributed by atoms with Crippen molar-refractivity contribution in [2.45, 2.75) is 59.6 Å². The van der Waals surface area contributed by atoms with Crippen molar-refractivity contribution in [2.24, 2.45) is 16.7 Å². The van der Waals surface area contributed by atoms with Crippen LogP contribution in [-0.4, -0.2) is 31.4 Å². The molecule has 2 aliphatic carbocycles. The van der Waals surface area contributed by atoms with E-state index in [0.29, 0.717) is 5.92 Å². The predicted octanol–water partition coefficient (Wildman–Crippen LogP) is 4.70. The SMILES string of the molecule is COC(=O)C[P@]1(=O)O[C@H]2[C@H]([C@H]3CC[C@]2(C)C3(C)C)N1c1cc(C)cc(C)c1. The molecular weight excluding hydrogens is 361 g/mol. The van der Waals surface area contributed by atoms with Crippen LogP contribution in [0.25, 0.3) is 0 Å². The Morgan fingerprint density at radius 3 is 2.48 bits per heavy atom. The minimum atomic E-state index is -3.37. The smallest absolute Gasteiger partial charge is 0.317 e. The van der Waals surface area contributed by atoms with Gasteiger partial charge in [-0.05, 0) is 61.3 Å². The first-order valence-corrected chi connectivity index (χ1v) is 11.5. The lowest BCUT2D eigenvalue weighted by molar-refractivity contribution is -0.137. The first kappa shape index (κ1) is 19.0. The zero-order chi connectivity index (χ0) is 19.8. The summed E-state index contributed by atoms with van der Waals surface area (Å²) in [7, 11) is -2.03. The highest BCUT2D eigenvalue weighted by atomic mass is 31.2. The molecule has 148 valence electrons. The van der Waals surface area contributed by atoms with Crippen LogP contribution in [0.3, 0.4) is 0 Å². The molecule has 0 aromatic heterocycles. The van der Waals surface area contributed by atoms with E-state index in [2.05, 4.69) is 39.0 Å². The van der Waals surface area contributed by atoms with E-state index in [-0.39, 0.29) is 29.1 Å². The lowest BCUT2D eigenvalue weighted by atomic mass is 9.70. The monoisotopic (exact) mass is 391 g/mol. The molecule has 2 bridgehead atoms. The van der Waals surface area contributed by atoms with Gasteiger partial charge in [0.05, 0.1) is 19.3 Å². The Bertz CT molecular complexity index is 830. The Kier molecular flexibility index (Phi) is 4.11. The van der Waals surface area contributed by atoms with Crippen LogP contribution in [0, 0.1) is 30.6 Å². The molecular formula is C21H30NO4P. The van der Waals surface area contributed by atoms with Gasteiger partial charge in [0.2, 0.25) is 0 Å². The number of carbonyl (C=O) groups excluding carboxylic acids is 1. The minimum absolute atomic E-state index is 0.0374. The molecule has 1 aliphatic heterocycles. The van der Waals surface area contributed by atoms with E-state index in [1.165, 1.54) is 7.11 Å². The van der Waals surface area contributed by atoms with Gasteiger partial charge in [-0.2, -0.15) is 0 Å². The Labute approximate surface area is 161 Å². The first-order chi connectivity index (χ1) is 12.5. The largest absolute Gasteiger partial charge is 0.469 e. The molecule has 27 heavy (non-hydrogen) atoms. The third-order valence-electron chi connectivity index (χ3n) is 7.64. The summed E-state index contributed by atoms with van der Waals surface area (Å²) < 4.78 is 27.2. The average Bonchev–Trinajstić information content (AvgIpc) is 3.04. The molecule has 5 atom stereocenters. The topological polar surface area (TPSA) is 55.8 Å². The van der Waals surface area contributed by atoms with E-state index >= 15 is 0 Å². The molecule has 4 rings (SSSR count). The summed E-state index contributed by atoms with van der Waals surface area (Å²) in [5.74, 6) is -0.0915. The summed E-state index contributed by atoms with van der Waals surface area (Å²) in [6.45, 7) is 11.0. The number of anilines is 1. The molecule has 6 heteroatoms. The summed E-state index contributed by atoms with van der Waals surface area (Å²) in [5, 5.41) is 0. The molecule has 0 radical (unpaired) electrons. The lowest BCUT2D eigenvalue weighted by Gasteiger charge is -2.38. The number of ether oxygens (including phenoxy) is 1. The Morgan fingerprint density at radius 1 is 1.26 bits per heavy atom. The molecule has 3 fully saturated rings. The summed E-state index contributed by atoms with van der Waals surface area (Å²) in [4.78, 5) is 12.1. The Hall–Kier alpha value is -1.32. The number of hydrogen-bond acceptors (Lipinski definition) is 4. The van der Waals surface area contributed by atoms with Gasteiger partial charge in [-0.1, -0.05) is 26.8 Å². The van der Waals surface area contributed by atoms with E-state index in [1.54, 1.807) is 0 Å². The van der Waals surface area contributed by atoms with Crippen molar-refractivity contribution < 1.29 is 18.6 Å². The highest BCUT2D eigenvalue weighted by molar-refractivity contribution is 7.62. The summed E-state index contributed by atoms with van der Waals surface area (Å²) in [5.41, 5.74) is 3.20. The standard InChI is InChI=1S/C21H30NO4P/c1-13-9-14(2)11-15(10-13)22-18-16-7-8-21(5,20(16,3)4)19(18)26-27(22,24)12-17(23)25-6/h9-11,16,18-19H,7-8,12H2,1-6H3/t16-,18+,19+,21+,27+/m1/s1. The van der Waals surface area contributed by atoms with Gasteiger partial charge in [0.1, 0.15) is 6.16 Å². The van der Waals surface area contributed by atoms with Crippen molar-refractivity contribution in [3.63, 3.8) is 0 Å². The van der Waals surface area contributed by atoms with Crippen LogP contribution < -0.4 is 4.67 Å². The number of rotatable bonds is 3. The van der Waals surface area contributed by atoms with Gasteiger partial charge in [-0.3, -0.25) is 14.0 Å². The molecule has 1 saturated heterocycles. The zero-order valence-corrected chi connectivity index (χ0v) is 18.0. The second kappa shape index (κ2) is 5.84. The van der Waals surface area contributed by atoms with Gasteiger partial charge in [0, 0.05) is 11.1 Å². The second-order valence-corrected chi connectivity index (χ2v) is 11.6. The third-order valence-corrected chi connectivity index (χ3v) is 10.0. The van der Waals surface area contributed by atoms with E-state index < -0.39 is 13.5 Å². The number of hydrogen-bond donors (Lipinski definition) is 0. The van der Waals surface area contributed by atoms with Crippen LogP contribution in [0.15, 0.2) is 18.2 Å². The number of carbonyl (C=O) groups is 1. The number of benzene rings is 1. The van der Waals surface area contributed by atoms with Gasteiger partial charge in [-0.25, -0.2) is 0 Å². The van der Waals surface area contributed by atoms with Crippen molar-refractivity contribution in [3.05, 3.63) is 29.3 Å². The normalized spacial score (nSPS) is 38.9. The van der Waals surface area contributed by atoms with Gasteiger partial charge in [0.25, 0.3) is 0 Å². The van der Waals surface area contributed by atoms with Crippen molar-refractivity contribution in [2.75, 3.05) is 17.9 Å². The highest BCUT2D eigenvalue weighted by Gasteiger charge is 2.73. The molecule has 0 amide bonds. The molecule has 2 saturated carbocycles. The third kappa shape index (κ3) is 2.47. The molecule has 0 unspecified atom stereocenters. The van der Waals surface area contributed by atoms with Gasteiger partial charge in [-0.15, -0.1) is 0 Å². The molecule has 1 aromatic rings. The fourth-order valence-electron chi connectivity index (χ4n) is 5.94. The highest BCUT2D eigenvalue weighted by Crippen LogP contribution is 2.76. The maximum Gasteiger partial charge on any atom is 0.317 e. The Morgan fingerprint density at radius 2 is 1.89 bits per heavy atom. The summed E-state index contributed by atoms with van der Waals surface area (Å²) >= 11 is 0. The molecule has 1 aromatic carbocycles. The van der Waals surface area contributed by atoms with E-state index in [4.69, 9.17) is 9.26 Å². The molecule has 3 aliphatic rings. The van der Waals surface area contributed by atoms with Gasteiger partial charge >= 0.3 is 13.5 Å². The van der Waals surface area contributed by atoms with Crippen LogP contribution in [0.1, 0.15) is 44.7 Å². The maximum absolute atomic E-state index is 14.0. The maximum atomic E-state index is 14.0. The van der Waals surface area contributed by atoms with E-state index in [9.17, 15) is 9.36 Å². The van der Waals surface area contributed by atoms with Crippen LogP contribution >= 0.6 is 7.52 Å². The zero-order valence-electron chi connectivity index (χ0n) is 17.1. The molecule has 5 nitrogen and oxygen atoms in total. The van der Waals surface area contributed by atoms with Crippen molar-refractivity contribution in [1.29, 1.82) is 0 Å². The minimum Gasteiger partial charge on any atom is -0.469 e. The molecule has 0 N–H and O–H groups in total. The van der Waals surface area contributed by atoms with Crippen molar-refractivity contribution in [1.82, 2.24) is 0 Å².